The van der Waals surface area contributed by atoms with Gasteiger partial charge in [0.1, 0.15) is 5.82 Å². The predicted molar refractivity (Wildman–Crippen MR) is 100 cm³/mol. The summed E-state index contributed by atoms with van der Waals surface area (Å²) in [6.07, 6.45) is -1.06. The number of aryl methyl sites for hydroxylation is 1. The lowest BCUT2D eigenvalue weighted by molar-refractivity contribution is -0.137. The van der Waals surface area contributed by atoms with Gasteiger partial charge in [-0.1, -0.05) is 12.1 Å². The van der Waals surface area contributed by atoms with Crippen LogP contribution in [0.4, 0.5) is 13.2 Å². The summed E-state index contributed by atoms with van der Waals surface area (Å²) in [4.78, 5) is 20.2. The summed E-state index contributed by atoms with van der Waals surface area (Å²) in [6, 6.07) is 4.63. The largest absolute Gasteiger partial charge is 0.416 e. The normalized spacial score (nSPS) is 18.8. The summed E-state index contributed by atoms with van der Waals surface area (Å²) in [5.74, 6) is 1.36. The Morgan fingerprint density at radius 3 is 2.50 bits per heavy atom. The Bertz CT molecular complexity index is 930. The van der Waals surface area contributed by atoms with Crippen molar-refractivity contribution in [1.82, 2.24) is 14.5 Å². The Labute approximate surface area is 162 Å². The highest BCUT2D eigenvalue weighted by molar-refractivity contribution is 5.29. The van der Waals surface area contributed by atoms with E-state index in [1.807, 2.05) is 6.92 Å². The summed E-state index contributed by atoms with van der Waals surface area (Å²) < 4.78 is 40.1. The van der Waals surface area contributed by atoms with Crippen LogP contribution in [0.2, 0.25) is 0 Å². The average molecular weight is 391 g/mol. The molecule has 0 N–H and O–H groups in total. The number of hydrogen-bond acceptors (Lipinski definition) is 3. The summed E-state index contributed by atoms with van der Waals surface area (Å²) in [7, 11) is 0. The molecule has 1 saturated carbocycles. The molecule has 2 aliphatic rings. The minimum Gasteiger partial charge on any atom is -0.298 e. The van der Waals surface area contributed by atoms with E-state index in [-0.39, 0.29) is 11.6 Å². The van der Waals surface area contributed by atoms with Crippen LogP contribution < -0.4 is 5.56 Å². The quantitative estimate of drug-likeness (QED) is 0.792. The van der Waals surface area contributed by atoms with Crippen molar-refractivity contribution in [2.45, 2.75) is 51.9 Å². The fourth-order valence-corrected chi connectivity index (χ4v) is 4.04. The molecule has 1 aliphatic heterocycles. The number of aromatic nitrogens is 2. The van der Waals surface area contributed by atoms with Crippen LogP contribution in [0.5, 0.6) is 0 Å². The second kappa shape index (κ2) is 7.03. The maximum Gasteiger partial charge on any atom is 0.416 e. The van der Waals surface area contributed by atoms with Crippen molar-refractivity contribution >= 4 is 0 Å². The van der Waals surface area contributed by atoms with E-state index in [0.29, 0.717) is 17.9 Å². The molecule has 2 aromatic rings. The van der Waals surface area contributed by atoms with Gasteiger partial charge in [0.2, 0.25) is 0 Å². The van der Waals surface area contributed by atoms with Gasteiger partial charge in [-0.15, -0.1) is 0 Å². The van der Waals surface area contributed by atoms with E-state index in [9.17, 15) is 18.0 Å². The molecule has 1 aromatic carbocycles. The van der Waals surface area contributed by atoms with Gasteiger partial charge < -0.3 is 0 Å². The third-order valence-electron chi connectivity index (χ3n) is 5.84. The number of benzene rings is 1. The van der Waals surface area contributed by atoms with Crippen molar-refractivity contribution in [2.24, 2.45) is 5.92 Å². The molecule has 0 bridgehead atoms. The van der Waals surface area contributed by atoms with Crippen LogP contribution in [0.25, 0.3) is 0 Å². The maximum absolute atomic E-state index is 13.2. The van der Waals surface area contributed by atoms with Gasteiger partial charge in [0, 0.05) is 26.1 Å². The molecule has 7 heteroatoms. The first-order valence-electron chi connectivity index (χ1n) is 9.74. The Hall–Kier alpha value is -2.15. The monoisotopic (exact) mass is 391 g/mol. The van der Waals surface area contributed by atoms with E-state index in [4.69, 9.17) is 0 Å². The minimum atomic E-state index is -4.37. The van der Waals surface area contributed by atoms with Crippen molar-refractivity contribution in [3.63, 3.8) is 0 Å². The molecule has 0 spiro atoms. The van der Waals surface area contributed by atoms with Crippen LogP contribution in [0.15, 0.2) is 29.1 Å². The van der Waals surface area contributed by atoms with E-state index >= 15 is 0 Å². The molecule has 1 aromatic heterocycles. The van der Waals surface area contributed by atoms with E-state index in [1.165, 1.54) is 25.0 Å². The molecule has 2 heterocycles. The standard InChI is InChI=1S/C21H24F3N3O/c1-13(16-5-7-17(8-6-16)21(22,23)24)27-14(2)25-19-9-10-26(11-15-3-4-15)12-18(19)20(27)28/h5-8,13,15H,3-4,9-12H2,1-2H3/t13-/m0/s1. The third kappa shape index (κ3) is 3.72. The fourth-order valence-electron chi connectivity index (χ4n) is 4.04. The molecule has 1 atom stereocenters. The zero-order valence-corrected chi connectivity index (χ0v) is 16.1. The summed E-state index contributed by atoms with van der Waals surface area (Å²) in [6.45, 7) is 6.18. The molecule has 4 nitrogen and oxygen atoms in total. The lowest BCUT2D eigenvalue weighted by Gasteiger charge is -2.29. The summed E-state index contributed by atoms with van der Waals surface area (Å²) in [5, 5.41) is 0. The van der Waals surface area contributed by atoms with Gasteiger partial charge in [-0.2, -0.15) is 13.2 Å². The van der Waals surface area contributed by atoms with Crippen LogP contribution in [-0.2, 0) is 19.1 Å². The molecule has 1 aliphatic carbocycles. The fraction of sp³-hybridized carbons (Fsp3) is 0.524. The molecule has 4 rings (SSSR count). The molecular weight excluding hydrogens is 367 g/mol. The topological polar surface area (TPSA) is 38.1 Å². The number of halogens is 3. The van der Waals surface area contributed by atoms with Crippen LogP contribution in [0.1, 0.15) is 54.0 Å². The summed E-state index contributed by atoms with van der Waals surface area (Å²) in [5.41, 5.74) is 1.49. The summed E-state index contributed by atoms with van der Waals surface area (Å²) >= 11 is 0. The van der Waals surface area contributed by atoms with Crippen LogP contribution >= 0.6 is 0 Å². The van der Waals surface area contributed by atoms with E-state index in [2.05, 4.69) is 9.88 Å². The Kier molecular flexibility index (Phi) is 4.81. The van der Waals surface area contributed by atoms with Crippen molar-refractivity contribution in [2.75, 3.05) is 13.1 Å². The molecule has 1 fully saturated rings. The van der Waals surface area contributed by atoms with Crippen molar-refractivity contribution < 1.29 is 13.2 Å². The number of fused-ring (bicyclic) bond motifs is 1. The molecule has 0 saturated heterocycles. The Morgan fingerprint density at radius 1 is 1.21 bits per heavy atom. The van der Waals surface area contributed by atoms with Crippen LogP contribution in [0.3, 0.4) is 0 Å². The second-order valence-corrected chi connectivity index (χ2v) is 7.98. The molecule has 0 amide bonds. The highest BCUT2D eigenvalue weighted by Crippen LogP contribution is 2.32. The number of nitrogens with zero attached hydrogens (tertiary/aromatic N) is 3. The predicted octanol–water partition coefficient (Wildman–Crippen LogP) is 3.95. The van der Waals surface area contributed by atoms with Gasteiger partial charge in [0.05, 0.1) is 22.9 Å². The molecule has 0 unspecified atom stereocenters. The van der Waals surface area contributed by atoms with E-state index in [1.54, 1.807) is 11.5 Å². The van der Waals surface area contributed by atoms with Gasteiger partial charge in [-0.25, -0.2) is 4.98 Å². The van der Waals surface area contributed by atoms with Crippen molar-refractivity contribution in [1.29, 1.82) is 0 Å². The first kappa shape index (κ1) is 19.2. The Balaban J connectivity index is 1.65. The van der Waals surface area contributed by atoms with Crippen molar-refractivity contribution in [3.8, 4) is 0 Å². The third-order valence-corrected chi connectivity index (χ3v) is 5.84. The molecular formula is C21H24F3N3O. The first-order chi connectivity index (χ1) is 13.2. The molecule has 0 radical (unpaired) electrons. The lowest BCUT2D eigenvalue weighted by Crippen LogP contribution is -2.40. The van der Waals surface area contributed by atoms with Gasteiger partial charge in [-0.05, 0) is 50.3 Å². The van der Waals surface area contributed by atoms with Crippen LogP contribution in [0, 0.1) is 12.8 Å². The smallest absolute Gasteiger partial charge is 0.298 e. The average Bonchev–Trinajstić information content (AvgIpc) is 3.45. The number of alkyl halides is 3. The maximum atomic E-state index is 13.2. The van der Waals surface area contributed by atoms with E-state index in [0.717, 1.165) is 48.8 Å². The van der Waals surface area contributed by atoms with Gasteiger partial charge in [0.15, 0.2) is 0 Å². The molecule has 150 valence electrons. The van der Waals surface area contributed by atoms with Gasteiger partial charge in [-0.3, -0.25) is 14.3 Å². The zero-order valence-electron chi connectivity index (χ0n) is 16.1. The lowest BCUT2D eigenvalue weighted by atomic mass is 10.0. The zero-order chi connectivity index (χ0) is 20.1. The van der Waals surface area contributed by atoms with Gasteiger partial charge in [0.25, 0.3) is 5.56 Å². The Morgan fingerprint density at radius 2 is 1.89 bits per heavy atom. The highest BCUT2D eigenvalue weighted by Gasteiger charge is 2.31. The number of rotatable bonds is 4. The van der Waals surface area contributed by atoms with Gasteiger partial charge >= 0.3 is 6.18 Å². The second-order valence-electron chi connectivity index (χ2n) is 7.98. The SMILES string of the molecule is Cc1nc2c(c(=O)n1[C@@H](C)c1ccc(C(F)(F)F)cc1)CN(CC1CC1)CC2. The van der Waals surface area contributed by atoms with E-state index < -0.39 is 11.7 Å². The first-order valence-corrected chi connectivity index (χ1v) is 9.74. The molecule has 28 heavy (non-hydrogen) atoms. The minimum absolute atomic E-state index is 0.0737. The van der Waals surface area contributed by atoms with Crippen molar-refractivity contribution in [3.05, 3.63) is 62.8 Å². The highest BCUT2D eigenvalue weighted by atomic mass is 19.4. The number of hydrogen-bond donors (Lipinski definition) is 0. The van der Waals surface area contributed by atoms with Crippen LogP contribution in [-0.4, -0.2) is 27.5 Å².